The molecule has 0 fully saturated rings. The Hall–Kier alpha value is -3.62. The standard InChI is InChI=1S/C30H30N2/c1-5-15-27(16-6-1)25-31(26-28-17-7-2-8-18-28)23-13-14-24-32(29-19-9-3-10-20-29)30-21-11-4-12-22-30/h1-22H,23-26H2/b14-13+. The molecule has 0 aromatic heterocycles. The predicted octanol–water partition coefficient (Wildman–Crippen LogP) is 7.08. The molecule has 0 unspecified atom stereocenters. The van der Waals surface area contributed by atoms with Gasteiger partial charge in [-0.1, -0.05) is 109 Å². The van der Waals surface area contributed by atoms with Crippen LogP contribution in [0.4, 0.5) is 11.4 Å². The minimum Gasteiger partial charge on any atom is -0.338 e. The summed E-state index contributed by atoms with van der Waals surface area (Å²) in [6.07, 6.45) is 4.58. The van der Waals surface area contributed by atoms with E-state index in [0.717, 1.165) is 26.2 Å². The van der Waals surface area contributed by atoms with Gasteiger partial charge in [-0.3, -0.25) is 4.90 Å². The zero-order chi connectivity index (χ0) is 21.8. The first-order chi connectivity index (χ1) is 15.9. The number of nitrogens with zero attached hydrogens (tertiary/aromatic N) is 2. The molecule has 0 aliphatic rings. The van der Waals surface area contributed by atoms with Crippen LogP contribution in [0.2, 0.25) is 0 Å². The lowest BCUT2D eigenvalue weighted by atomic mass is 10.1. The maximum atomic E-state index is 2.48. The van der Waals surface area contributed by atoms with Gasteiger partial charge in [0.1, 0.15) is 0 Å². The summed E-state index contributed by atoms with van der Waals surface area (Å²) in [6.45, 7) is 3.60. The van der Waals surface area contributed by atoms with Crippen molar-refractivity contribution in [3.63, 3.8) is 0 Å². The van der Waals surface area contributed by atoms with Crippen molar-refractivity contribution >= 4 is 11.4 Å². The van der Waals surface area contributed by atoms with Crippen LogP contribution in [0.5, 0.6) is 0 Å². The molecule has 0 N–H and O–H groups in total. The normalized spacial score (nSPS) is 11.2. The van der Waals surface area contributed by atoms with Crippen LogP contribution in [0.3, 0.4) is 0 Å². The zero-order valence-corrected chi connectivity index (χ0v) is 18.4. The quantitative estimate of drug-likeness (QED) is 0.254. The van der Waals surface area contributed by atoms with E-state index in [9.17, 15) is 0 Å². The van der Waals surface area contributed by atoms with Crippen molar-refractivity contribution in [1.82, 2.24) is 4.90 Å². The molecule has 32 heavy (non-hydrogen) atoms. The molecule has 0 saturated carbocycles. The third-order valence-corrected chi connectivity index (χ3v) is 5.45. The fourth-order valence-electron chi connectivity index (χ4n) is 3.85. The van der Waals surface area contributed by atoms with Gasteiger partial charge < -0.3 is 4.90 Å². The van der Waals surface area contributed by atoms with Crippen LogP contribution in [0, 0.1) is 0 Å². The highest BCUT2D eigenvalue weighted by Crippen LogP contribution is 2.24. The molecule has 0 atom stereocenters. The number of hydrogen-bond donors (Lipinski definition) is 0. The summed E-state index contributed by atoms with van der Waals surface area (Å²) < 4.78 is 0. The third kappa shape index (κ3) is 6.44. The van der Waals surface area contributed by atoms with Crippen LogP contribution < -0.4 is 4.90 Å². The van der Waals surface area contributed by atoms with E-state index in [4.69, 9.17) is 0 Å². The van der Waals surface area contributed by atoms with Gasteiger partial charge in [-0.05, 0) is 35.4 Å². The van der Waals surface area contributed by atoms with Gasteiger partial charge in [0.2, 0.25) is 0 Å². The van der Waals surface area contributed by atoms with Crippen molar-refractivity contribution < 1.29 is 0 Å². The van der Waals surface area contributed by atoms with Crippen molar-refractivity contribution in [3.8, 4) is 0 Å². The summed E-state index contributed by atoms with van der Waals surface area (Å²) in [5, 5.41) is 0. The van der Waals surface area contributed by atoms with Gasteiger partial charge in [0, 0.05) is 37.6 Å². The van der Waals surface area contributed by atoms with Crippen LogP contribution in [-0.4, -0.2) is 18.0 Å². The molecule has 0 radical (unpaired) electrons. The van der Waals surface area contributed by atoms with Crippen LogP contribution in [0.15, 0.2) is 133 Å². The highest BCUT2D eigenvalue weighted by atomic mass is 15.1. The molecule has 0 heterocycles. The Labute approximate surface area is 192 Å². The lowest BCUT2D eigenvalue weighted by molar-refractivity contribution is 0.286. The summed E-state index contributed by atoms with van der Waals surface area (Å²) in [5.41, 5.74) is 5.08. The van der Waals surface area contributed by atoms with E-state index < -0.39 is 0 Å². The van der Waals surface area contributed by atoms with Gasteiger partial charge in [0.25, 0.3) is 0 Å². The van der Waals surface area contributed by atoms with Crippen molar-refractivity contribution in [2.45, 2.75) is 13.1 Å². The second-order valence-electron chi connectivity index (χ2n) is 7.89. The van der Waals surface area contributed by atoms with Crippen LogP contribution in [0.25, 0.3) is 0 Å². The first kappa shape index (κ1) is 21.6. The summed E-state index contributed by atoms with van der Waals surface area (Å²) >= 11 is 0. The molecule has 0 spiro atoms. The second kappa shape index (κ2) is 11.7. The summed E-state index contributed by atoms with van der Waals surface area (Å²) in [6, 6.07) is 42.6. The van der Waals surface area contributed by atoms with Crippen molar-refractivity contribution in [2.24, 2.45) is 0 Å². The highest BCUT2D eigenvalue weighted by Gasteiger charge is 2.08. The van der Waals surface area contributed by atoms with Gasteiger partial charge in [0.15, 0.2) is 0 Å². The number of para-hydroxylation sites is 2. The fraction of sp³-hybridized carbons (Fsp3) is 0.133. The molecule has 2 heteroatoms. The van der Waals surface area contributed by atoms with Gasteiger partial charge in [-0.15, -0.1) is 0 Å². The monoisotopic (exact) mass is 418 g/mol. The largest absolute Gasteiger partial charge is 0.338 e. The Balaban J connectivity index is 1.45. The van der Waals surface area contributed by atoms with E-state index in [-0.39, 0.29) is 0 Å². The van der Waals surface area contributed by atoms with Crippen molar-refractivity contribution in [3.05, 3.63) is 145 Å². The molecular weight excluding hydrogens is 388 g/mol. The van der Waals surface area contributed by atoms with Gasteiger partial charge >= 0.3 is 0 Å². The molecule has 2 nitrogen and oxygen atoms in total. The Morgan fingerprint density at radius 2 is 0.812 bits per heavy atom. The fourth-order valence-corrected chi connectivity index (χ4v) is 3.85. The van der Waals surface area contributed by atoms with Crippen LogP contribution in [0.1, 0.15) is 11.1 Å². The van der Waals surface area contributed by atoms with Crippen LogP contribution in [-0.2, 0) is 13.1 Å². The van der Waals surface area contributed by atoms with Crippen molar-refractivity contribution in [2.75, 3.05) is 18.0 Å². The van der Waals surface area contributed by atoms with E-state index in [0.29, 0.717) is 0 Å². The predicted molar refractivity (Wildman–Crippen MR) is 136 cm³/mol. The zero-order valence-electron chi connectivity index (χ0n) is 18.4. The third-order valence-electron chi connectivity index (χ3n) is 5.45. The van der Waals surface area contributed by atoms with E-state index in [1.807, 2.05) is 0 Å². The molecule has 0 aliphatic heterocycles. The Morgan fingerprint density at radius 3 is 1.25 bits per heavy atom. The smallest absolute Gasteiger partial charge is 0.0413 e. The molecule has 0 amide bonds. The minimum absolute atomic E-state index is 0.832. The highest BCUT2D eigenvalue weighted by molar-refractivity contribution is 5.63. The van der Waals surface area contributed by atoms with Gasteiger partial charge in [-0.2, -0.15) is 0 Å². The lowest BCUT2D eigenvalue weighted by Crippen LogP contribution is -2.23. The average molecular weight is 419 g/mol. The lowest BCUT2D eigenvalue weighted by Gasteiger charge is -2.24. The Morgan fingerprint density at radius 1 is 0.438 bits per heavy atom. The molecule has 4 aromatic rings. The summed E-state index contributed by atoms with van der Waals surface area (Å²) in [4.78, 5) is 4.83. The maximum Gasteiger partial charge on any atom is 0.0413 e. The van der Waals surface area contributed by atoms with Gasteiger partial charge in [0.05, 0.1) is 0 Å². The number of hydrogen-bond acceptors (Lipinski definition) is 2. The van der Waals surface area contributed by atoms with E-state index in [1.165, 1.54) is 22.5 Å². The molecule has 160 valence electrons. The molecule has 0 saturated heterocycles. The molecule has 4 rings (SSSR count). The molecule has 4 aromatic carbocycles. The SMILES string of the molecule is C(=C\CN(c1ccccc1)c1ccccc1)/CN(Cc1ccccc1)Cc1ccccc1. The Bertz CT molecular complexity index is 980. The Kier molecular flexibility index (Phi) is 7.89. The topological polar surface area (TPSA) is 6.48 Å². The summed E-state index contributed by atoms with van der Waals surface area (Å²) in [7, 11) is 0. The number of benzene rings is 4. The van der Waals surface area contributed by atoms with E-state index >= 15 is 0 Å². The summed E-state index contributed by atoms with van der Waals surface area (Å²) in [5.74, 6) is 0. The molecule has 0 aliphatic carbocycles. The molecular formula is C30H30N2. The van der Waals surface area contributed by atoms with Crippen LogP contribution >= 0.6 is 0 Å². The number of rotatable bonds is 10. The van der Waals surface area contributed by atoms with E-state index in [2.05, 4.69) is 143 Å². The average Bonchev–Trinajstić information content (AvgIpc) is 2.86. The first-order valence-corrected chi connectivity index (χ1v) is 11.2. The second-order valence-corrected chi connectivity index (χ2v) is 7.89. The number of anilines is 2. The van der Waals surface area contributed by atoms with Gasteiger partial charge in [-0.25, -0.2) is 0 Å². The maximum absolute atomic E-state index is 2.48. The minimum atomic E-state index is 0.832. The molecule has 0 bridgehead atoms. The van der Waals surface area contributed by atoms with Crippen molar-refractivity contribution in [1.29, 1.82) is 0 Å². The van der Waals surface area contributed by atoms with E-state index in [1.54, 1.807) is 0 Å². The first-order valence-electron chi connectivity index (χ1n) is 11.2.